The topological polar surface area (TPSA) is 78.0 Å². The van der Waals surface area contributed by atoms with Gasteiger partial charge in [0.15, 0.2) is 5.96 Å². The van der Waals surface area contributed by atoms with Gasteiger partial charge in [0.25, 0.3) is 0 Å². The van der Waals surface area contributed by atoms with Crippen LogP contribution in [-0.4, -0.2) is 56.6 Å². The summed E-state index contributed by atoms with van der Waals surface area (Å²) < 4.78 is 5.30. The van der Waals surface area contributed by atoms with Crippen molar-refractivity contribution in [1.82, 2.24) is 15.5 Å². The minimum Gasteiger partial charge on any atom is -0.495 e. The lowest BCUT2D eigenvalue weighted by atomic mass is 10.1. The van der Waals surface area contributed by atoms with E-state index in [4.69, 9.17) is 4.74 Å². The molecule has 1 aliphatic heterocycles. The number of piperidine rings is 1. The molecule has 1 aliphatic rings. The Morgan fingerprint density at radius 2 is 2.04 bits per heavy atom. The Hall–Kier alpha value is -1.55. The van der Waals surface area contributed by atoms with Gasteiger partial charge < -0.3 is 25.6 Å². The molecule has 1 amide bonds. The normalized spacial score (nSPS) is 15.5. The van der Waals surface area contributed by atoms with Crippen LogP contribution < -0.4 is 20.7 Å². The lowest BCUT2D eigenvalue weighted by Gasteiger charge is -2.32. The molecule has 1 aromatic carbocycles. The van der Waals surface area contributed by atoms with E-state index >= 15 is 0 Å². The number of rotatable bonds is 7. The van der Waals surface area contributed by atoms with Gasteiger partial charge in [-0.1, -0.05) is 13.0 Å². The summed E-state index contributed by atoms with van der Waals surface area (Å²) in [5, 5.41) is 9.69. The van der Waals surface area contributed by atoms with Crippen molar-refractivity contribution in [2.75, 3.05) is 39.1 Å². The molecule has 1 aromatic rings. The first-order chi connectivity index (χ1) is 13.0. The average Bonchev–Trinajstić information content (AvgIpc) is 2.66. The summed E-state index contributed by atoms with van der Waals surface area (Å²) in [6.45, 7) is 7.80. The smallest absolute Gasteiger partial charge is 0.221 e. The van der Waals surface area contributed by atoms with Gasteiger partial charge in [0.1, 0.15) is 5.75 Å². The van der Waals surface area contributed by atoms with Crippen molar-refractivity contribution in [2.45, 2.75) is 45.7 Å². The van der Waals surface area contributed by atoms with E-state index < -0.39 is 0 Å². The Bertz CT molecular complexity index is 645. The third-order valence-corrected chi connectivity index (χ3v) is 4.73. The molecular weight excluding hydrogens is 469 g/mol. The number of carbonyl (C=O) groups excluding carboxylic acids is 1. The number of halogens is 1. The van der Waals surface area contributed by atoms with E-state index in [9.17, 15) is 4.79 Å². The first-order valence-electron chi connectivity index (χ1n) is 9.69. The van der Waals surface area contributed by atoms with Gasteiger partial charge in [-0.3, -0.25) is 9.79 Å². The van der Waals surface area contributed by atoms with Gasteiger partial charge in [0.2, 0.25) is 5.91 Å². The number of carbonyl (C=O) groups is 1. The van der Waals surface area contributed by atoms with Gasteiger partial charge in [-0.15, -0.1) is 24.0 Å². The second-order valence-electron chi connectivity index (χ2n) is 6.90. The number of methoxy groups -OCH3 is 1. The predicted molar refractivity (Wildman–Crippen MR) is 126 cm³/mol. The van der Waals surface area contributed by atoms with E-state index in [1.54, 1.807) is 14.2 Å². The van der Waals surface area contributed by atoms with Crippen molar-refractivity contribution in [3.05, 3.63) is 23.8 Å². The van der Waals surface area contributed by atoms with Crippen LogP contribution in [0.2, 0.25) is 0 Å². The molecule has 0 unspecified atom stereocenters. The van der Waals surface area contributed by atoms with Gasteiger partial charge in [-0.25, -0.2) is 0 Å². The highest BCUT2D eigenvalue weighted by Gasteiger charge is 2.19. The van der Waals surface area contributed by atoms with Gasteiger partial charge >= 0.3 is 0 Å². The van der Waals surface area contributed by atoms with Gasteiger partial charge in [0.05, 0.1) is 12.8 Å². The largest absolute Gasteiger partial charge is 0.495 e. The fraction of sp³-hybridized carbons (Fsp3) is 0.600. The second kappa shape index (κ2) is 12.8. The van der Waals surface area contributed by atoms with Crippen molar-refractivity contribution in [3.63, 3.8) is 0 Å². The zero-order valence-electron chi connectivity index (χ0n) is 17.4. The van der Waals surface area contributed by atoms with Crippen LogP contribution in [0.1, 0.15) is 38.7 Å². The van der Waals surface area contributed by atoms with Crippen molar-refractivity contribution in [1.29, 1.82) is 0 Å². The molecule has 28 heavy (non-hydrogen) atoms. The highest BCUT2D eigenvalue weighted by atomic mass is 127. The molecule has 0 aliphatic carbocycles. The number of amides is 1. The van der Waals surface area contributed by atoms with Crippen LogP contribution in [0.4, 0.5) is 5.69 Å². The number of likely N-dealkylation sites (tertiary alicyclic amines) is 1. The number of hydrogen-bond acceptors (Lipinski definition) is 4. The van der Waals surface area contributed by atoms with Gasteiger partial charge in [-0.05, 0) is 43.5 Å². The Morgan fingerprint density at radius 3 is 2.61 bits per heavy atom. The first kappa shape index (κ1) is 24.5. The fourth-order valence-electron chi connectivity index (χ4n) is 3.34. The minimum absolute atomic E-state index is 0. The molecular formula is C20H34IN5O2. The van der Waals surface area contributed by atoms with Crippen LogP contribution in [0.5, 0.6) is 5.75 Å². The lowest BCUT2D eigenvalue weighted by Crippen LogP contribution is -2.48. The zero-order valence-corrected chi connectivity index (χ0v) is 19.7. The molecule has 7 nitrogen and oxygen atoms in total. The van der Waals surface area contributed by atoms with Crippen molar-refractivity contribution >= 4 is 41.5 Å². The second-order valence-corrected chi connectivity index (χ2v) is 6.90. The molecule has 0 atom stereocenters. The Labute approximate surface area is 185 Å². The molecule has 1 saturated heterocycles. The van der Waals surface area contributed by atoms with Crippen LogP contribution in [0.3, 0.4) is 0 Å². The summed E-state index contributed by atoms with van der Waals surface area (Å²) in [6.07, 6.45) is 3.48. The number of nitrogens with one attached hydrogen (secondary N) is 3. The standard InChI is InChI=1S/C20H33N5O2.HI/c1-5-10-25-11-8-17(9-12-25)24-20(21-3)22-14-16-6-7-19(27-4)18(13-16)23-15(2)26;/h6-7,13,17H,5,8-12,14H2,1-4H3,(H,23,26)(H2,21,22,24);1H. The van der Waals surface area contributed by atoms with E-state index in [2.05, 4.69) is 32.8 Å². The maximum absolute atomic E-state index is 11.4. The van der Waals surface area contributed by atoms with E-state index in [0.29, 0.717) is 24.0 Å². The molecule has 1 fully saturated rings. The van der Waals surface area contributed by atoms with Crippen LogP contribution >= 0.6 is 24.0 Å². The monoisotopic (exact) mass is 503 g/mol. The summed E-state index contributed by atoms with van der Waals surface area (Å²) in [6, 6.07) is 6.22. The maximum Gasteiger partial charge on any atom is 0.221 e. The molecule has 0 bridgehead atoms. The number of guanidine groups is 1. The molecule has 3 N–H and O–H groups in total. The van der Waals surface area contributed by atoms with Crippen molar-refractivity contribution in [3.8, 4) is 5.75 Å². The van der Waals surface area contributed by atoms with E-state index in [1.165, 1.54) is 19.9 Å². The highest BCUT2D eigenvalue weighted by molar-refractivity contribution is 14.0. The Morgan fingerprint density at radius 1 is 1.32 bits per heavy atom. The van der Waals surface area contributed by atoms with Crippen molar-refractivity contribution < 1.29 is 9.53 Å². The SMILES string of the molecule is CCCN1CCC(NC(=NC)NCc2ccc(OC)c(NC(C)=O)c2)CC1.I. The number of ether oxygens (including phenoxy) is 1. The van der Waals surface area contributed by atoms with Gasteiger partial charge in [-0.2, -0.15) is 0 Å². The first-order valence-corrected chi connectivity index (χ1v) is 9.69. The Balaban J connectivity index is 0.00000392. The van der Waals surface area contributed by atoms with Crippen LogP contribution in [0, 0.1) is 0 Å². The summed E-state index contributed by atoms with van der Waals surface area (Å²) >= 11 is 0. The van der Waals surface area contributed by atoms with E-state index in [0.717, 1.165) is 37.5 Å². The molecule has 1 heterocycles. The maximum atomic E-state index is 11.4. The van der Waals surface area contributed by atoms with Gasteiger partial charge in [0, 0.05) is 39.6 Å². The molecule has 0 spiro atoms. The van der Waals surface area contributed by atoms with Crippen LogP contribution in [0.15, 0.2) is 23.2 Å². The predicted octanol–water partition coefficient (Wildman–Crippen LogP) is 2.81. The number of aliphatic imine (C=N–C) groups is 1. The number of benzene rings is 1. The third kappa shape index (κ3) is 7.83. The van der Waals surface area contributed by atoms with Crippen LogP contribution in [-0.2, 0) is 11.3 Å². The molecule has 0 radical (unpaired) electrons. The zero-order chi connectivity index (χ0) is 19.6. The minimum atomic E-state index is -0.120. The van der Waals surface area contributed by atoms with E-state index in [1.807, 2.05) is 18.2 Å². The van der Waals surface area contributed by atoms with Crippen molar-refractivity contribution in [2.24, 2.45) is 4.99 Å². The van der Waals surface area contributed by atoms with E-state index in [-0.39, 0.29) is 29.9 Å². The Kier molecular flexibility index (Phi) is 11.2. The fourth-order valence-corrected chi connectivity index (χ4v) is 3.34. The quantitative estimate of drug-likeness (QED) is 0.303. The van der Waals surface area contributed by atoms with Crippen LogP contribution in [0.25, 0.3) is 0 Å². The molecule has 0 aromatic heterocycles. The lowest BCUT2D eigenvalue weighted by molar-refractivity contribution is -0.114. The molecule has 0 saturated carbocycles. The molecule has 2 rings (SSSR count). The number of hydrogen-bond donors (Lipinski definition) is 3. The summed E-state index contributed by atoms with van der Waals surface area (Å²) in [4.78, 5) is 18.2. The summed E-state index contributed by atoms with van der Waals surface area (Å²) in [5.74, 6) is 1.33. The molecule has 8 heteroatoms. The number of nitrogens with zero attached hydrogens (tertiary/aromatic N) is 2. The number of anilines is 1. The third-order valence-electron chi connectivity index (χ3n) is 4.73. The average molecular weight is 503 g/mol. The highest BCUT2D eigenvalue weighted by Crippen LogP contribution is 2.25. The molecule has 158 valence electrons. The summed E-state index contributed by atoms with van der Waals surface area (Å²) in [7, 11) is 3.38. The summed E-state index contributed by atoms with van der Waals surface area (Å²) in [5.41, 5.74) is 1.72.